The molecule has 0 heterocycles. The molecule has 0 aliphatic heterocycles. The lowest BCUT2D eigenvalue weighted by molar-refractivity contribution is -0.130. The normalized spacial score (nSPS) is 13.2. The quantitative estimate of drug-likeness (QED) is 0.0467. The van der Waals surface area contributed by atoms with Crippen LogP contribution in [-0.4, -0.2) is 79.6 Å². The Labute approximate surface area is 381 Å². The van der Waals surface area contributed by atoms with Gasteiger partial charge in [-0.15, -0.1) is 0 Å². The van der Waals surface area contributed by atoms with Crippen LogP contribution in [0.1, 0.15) is 62.8 Å². The van der Waals surface area contributed by atoms with Gasteiger partial charge in [-0.05, 0) is 59.8 Å². The first-order valence-electron chi connectivity index (χ1n) is 21.6. The lowest BCUT2D eigenvalue weighted by atomic mass is 10.00. The Morgan fingerprint density at radius 3 is 1.08 bits per heavy atom. The number of Topliss-reactive ketones (excluding diaryl/α,β-unsaturated/α-hetero) is 2. The summed E-state index contributed by atoms with van der Waals surface area (Å²) in [5.41, 5.74) is 2.95. The highest BCUT2D eigenvalue weighted by atomic mass is 31.2. The van der Waals surface area contributed by atoms with Crippen molar-refractivity contribution in [1.82, 2.24) is 21.3 Å². The van der Waals surface area contributed by atoms with Crippen molar-refractivity contribution in [3.63, 3.8) is 0 Å². The van der Waals surface area contributed by atoms with Gasteiger partial charge >= 0.3 is 19.8 Å². The van der Waals surface area contributed by atoms with E-state index >= 15 is 0 Å². The van der Waals surface area contributed by atoms with Crippen LogP contribution in [0.25, 0.3) is 0 Å². The first-order chi connectivity index (χ1) is 31.1. The highest BCUT2D eigenvalue weighted by molar-refractivity contribution is 7.53. The van der Waals surface area contributed by atoms with Crippen LogP contribution in [-0.2, 0) is 68.3 Å². The maximum atomic E-state index is 13.8. The Morgan fingerprint density at radius 1 is 0.462 bits per heavy atom. The van der Waals surface area contributed by atoms with E-state index in [1.807, 2.05) is 64.1 Å². The molecule has 0 spiro atoms. The number of hydrogen-bond donors (Lipinski definition) is 4. The Balaban J connectivity index is 1.40. The van der Waals surface area contributed by atoms with Gasteiger partial charge in [-0.2, -0.15) is 0 Å². The van der Waals surface area contributed by atoms with Gasteiger partial charge in [0.2, 0.25) is 11.8 Å². The minimum absolute atomic E-state index is 0.00757. The summed E-state index contributed by atoms with van der Waals surface area (Å²) in [5.74, 6) is -2.60. The second-order valence-corrected chi connectivity index (χ2v) is 18.6. The zero-order valence-electron chi connectivity index (χ0n) is 37.6. The van der Waals surface area contributed by atoms with Crippen LogP contribution in [0.2, 0.25) is 0 Å². The molecule has 16 heteroatoms. The molecule has 0 aliphatic carbocycles. The molecular formula is C49H61N4O11P. The Kier molecular flexibility index (Phi) is 21.1. The zero-order chi connectivity index (χ0) is 47.2. The van der Waals surface area contributed by atoms with E-state index < -0.39 is 80.5 Å². The highest BCUT2D eigenvalue weighted by Crippen LogP contribution is 2.43. The number of nitrogens with one attached hydrogen (secondary N) is 4. The van der Waals surface area contributed by atoms with Crippen LogP contribution in [0, 0.1) is 11.8 Å². The van der Waals surface area contributed by atoms with E-state index in [2.05, 4.69) is 21.3 Å². The average molecular weight is 913 g/mol. The van der Waals surface area contributed by atoms with Gasteiger partial charge in [-0.3, -0.25) is 23.7 Å². The maximum Gasteiger partial charge on any atom is 0.408 e. The van der Waals surface area contributed by atoms with Crippen molar-refractivity contribution >= 4 is 43.2 Å². The number of carbonyl (C=O) groups is 6. The van der Waals surface area contributed by atoms with Crippen LogP contribution in [0.4, 0.5) is 9.59 Å². The number of amides is 4. The molecular weight excluding hydrogens is 852 g/mol. The van der Waals surface area contributed by atoms with Crippen LogP contribution >= 0.6 is 7.60 Å². The zero-order valence-corrected chi connectivity index (χ0v) is 38.5. The molecule has 15 nitrogen and oxygen atoms in total. The molecule has 4 atom stereocenters. The molecule has 4 rings (SSSR count). The Morgan fingerprint density at radius 2 is 0.769 bits per heavy atom. The van der Waals surface area contributed by atoms with Crippen molar-refractivity contribution in [1.29, 1.82) is 0 Å². The van der Waals surface area contributed by atoms with E-state index in [1.54, 1.807) is 84.9 Å². The van der Waals surface area contributed by atoms with Gasteiger partial charge in [0.1, 0.15) is 38.5 Å². The second kappa shape index (κ2) is 26.6. The molecule has 0 saturated heterocycles. The summed E-state index contributed by atoms with van der Waals surface area (Å²) in [5, 5.41) is 10.7. The van der Waals surface area contributed by atoms with Gasteiger partial charge in [0, 0.05) is 6.66 Å². The van der Waals surface area contributed by atoms with Crippen molar-refractivity contribution in [3.8, 4) is 0 Å². The summed E-state index contributed by atoms with van der Waals surface area (Å²) in [7, 11) is -4.11. The number of benzene rings is 4. The van der Waals surface area contributed by atoms with Gasteiger partial charge in [0.05, 0.1) is 12.1 Å². The molecule has 0 radical (unpaired) electrons. The van der Waals surface area contributed by atoms with Gasteiger partial charge in [-0.1, -0.05) is 149 Å². The summed E-state index contributed by atoms with van der Waals surface area (Å²) in [4.78, 5) is 80.6. The molecule has 4 aromatic rings. The van der Waals surface area contributed by atoms with Crippen LogP contribution in [0.3, 0.4) is 0 Å². The van der Waals surface area contributed by atoms with Crippen molar-refractivity contribution < 1.29 is 51.9 Å². The van der Waals surface area contributed by atoms with Crippen LogP contribution in [0.5, 0.6) is 0 Å². The lowest BCUT2D eigenvalue weighted by Crippen LogP contribution is -2.53. The van der Waals surface area contributed by atoms with E-state index in [4.69, 9.17) is 18.5 Å². The number of rotatable bonds is 26. The second-order valence-electron chi connectivity index (χ2n) is 16.5. The Hall–Kier alpha value is -6.15. The molecule has 0 unspecified atom stereocenters. The third kappa shape index (κ3) is 19.6. The number of carbonyl (C=O) groups excluding carboxylic acids is 6. The smallest absolute Gasteiger partial charge is 0.408 e. The van der Waals surface area contributed by atoms with Crippen molar-refractivity contribution in [2.45, 2.75) is 90.8 Å². The topological polar surface area (TPSA) is 205 Å². The largest absolute Gasteiger partial charge is 0.445 e. The SMILES string of the molecule is CC(C)C[C@H](NC(=O)OCc1ccccc1)C(=O)N[C@@H](Cc1ccccc1)C(=O)COP(C)(=O)OCC(=O)[C@H](Cc1ccccc1)NC(=O)[C@H](CC(C)C)NC(=O)OCc1ccccc1. The number of hydrogen-bond acceptors (Lipinski definition) is 11. The third-order valence-corrected chi connectivity index (χ3v) is 11.1. The fraction of sp³-hybridized carbons (Fsp3) is 0.388. The molecule has 348 valence electrons. The molecule has 0 bridgehead atoms. The van der Waals surface area contributed by atoms with E-state index in [0.717, 1.165) is 17.8 Å². The summed E-state index contributed by atoms with van der Waals surface area (Å²) in [6.07, 6.45) is -1.04. The fourth-order valence-electron chi connectivity index (χ4n) is 6.56. The van der Waals surface area contributed by atoms with Gasteiger partial charge < -0.3 is 39.8 Å². The van der Waals surface area contributed by atoms with E-state index in [9.17, 15) is 33.3 Å². The standard InChI is InChI=1S/C49H61N4O11P/c1-34(2)26-42(52-48(58)61-30-38-22-14-8-15-23-38)46(56)50-40(28-36-18-10-6-11-19-36)44(54)32-63-65(5,60)64-33-45(55)41(29-37-20-12-7-13-21-37)51-47(57)43(27-35(3)4)53-49(59)62-31-39-24-16-9-17-25-39/h6-25,34-35,40-43H,26-33H2,1-5H3,(H,50,56)(H,51,57)(H,52,58)(H,53,59)/t40-,41-,42-,43-/m0/s1. The maximum absolute atomic E-state index is 13.8. The summed E-state index contributed by atoms with van der Waals surface area (Å²) < 4.78 is 35.3. The third-order valence-electron chi connectivity index (χ3n) is 9.92. The summed E-state index contributed by atoms with van der Waals surface area (Å²) in [6.45, 7) is 7.11. The summed E-state index contributed by atoms with van der Waals surface area (Å²) >= 11 is 0. The molecule has 65 heavy (non-hydrogen) atoms. The molecule has 4 N–H and O–H groups in total. The minimum atomic E-state index is -4.11. The Bertz CT molecular complexity index is 2030. The van der Waals surface area contributed by atoms with Crippen molar-refractivity contribution in [2.24, 2.45) is 11.8 Å². The average Bonchev–Trinajstić information content (AvgIpc) is 3.28. The molecule has 0 aliphatic rings. The molecule has 0 fully saturated rings. The number of ether oxygens (including phenoxy) is 2. The van der Waals surface area contributed by atoms with E-state index in [-0.39, 0.29) is 50.7 Å². The fourth-order valence-corrected chi connectivity index (χ4v) is 7.35. The van der Waals surface area contributed by atoms with Crippen LogP contribution in [0.15, 0.2) is 121 Å². The number of ketones is 2. The van der Waals surface area contributed by atoms with Crippen molar-refractivity contribution in [2.75, 3.05) is 19.9 Å². The van der Waals surface area contributed by atoms with E-state index in [0.29, 0.717) is 11.1 Å². The molecule has 4 amide bonds. The predicted octanol–water partition coefficient (Wildman–Crippen LogP) is 7.12. The van der Waals surface area contributed by atoms with E-state index in [1.165, 1.54) is 0 Å². The summed E-state index contributed by atoms with van der Waals surface area (Å²) in [6, 6.07) is 31.5. The van der Waals surface area contributed by atoms with Gasteiger partial charge in [0.15, 0.2) is 11.6 Å². The van der Waals surface area contributed by atoms with Gasteiger partial charge in [-0.25, -0.2) is 9.59 Å². The number of alkyl carbamates (subject to hydrolysis) is 2. The van der Waals surface area contributed by atoms with Gasteiger partial charge in [0.25, 0.3) is 0 Å². The first-order valence-corrected chi connectivity index (χ1v) is 23.6. The first kappa shape index (κ1) is 51.5. The molecule has 4 aromatic carbocycles. The highest BCUT2D eigenvalue weighted by Gasteiger charge is 2.32. The van der Waals surface area contributed by atoms with Crippen molar-refractivity contribution in [3.05, 3.63) is 144 Å². The monoisotopic (exact) mass is 912 g/mol. The molecule has 0 saturated carbocycles. The minimum Gasteiger partial charge on any atom is -0.445 e. The predicted molar refractivity (Wildman–Crippen MR) is 246 cm³/mol. The lowest BCUT2D eigenvalue weighted by Gasteiger charge is -2.25. The van der Waals surface area contributed by atoms with Crippen LogP contribution < -0.4 is 21.3 Å². The molecule has 0 aromatic heterocycles.